The van der Waals surface area contributed by atoms with Crippen LogP contribution in [0.25, 0.3) is 0 Å². The molecular weight excluding hydrogens is 248 g/mol. The average Bonchev–Trinajstić information content (AvgIpc) is 2.88. The molecule has 0 aromatic heterocycles. The van der Waals surface area contributed by atoms with E-state index in [0.717, 1.165) is 19.4 Å². The van der Waals surface area contributed by atoms with E-state index in [2.05, 4.69) is 10.6 Å². The summed E-state index contributed by atoms with van der Waals surface area (Å²) < 4.78 is 10.7. The second-order valence-corrected chi connectivity index (χ2v) is 4.87. The molecule has 1 saturated heterocycles. The van der Waals surface area contributed by atoms with Crippen LogP contribution >= 0.6 is 0 Å². The largest absolute Gasteiger partial charge is 0.379 e. The van der Waals surface area contributed by atoms with Crippen molar-refractivity contribution in [2.45, 2.75) is 45.3 Å². The van der Waals surface area contributed by atoms with Gasteiger partial charge in [-0.3, -0.25) is 9.59 Å². The molecule has 0 radical (unpaired) electrons. The molecule has 6 heteroatoms. The van der Waals surface area contributed by atoms with Gasteiger partial charge >= 0.3 is 11.8 Å². The molecule has 1 unspecified atom stereocenters. The van der Waals surface area contributed by atoms with Gasteiger partial charge in [0, 0.05) is 26.3 Å². The van der Waals surface area contributed by atoms with Crippen molar-refractivity contribution in [1.82, 2.24) is 10.6 Å². The second-order valence-electron chi connectivity index (χ2n) is 4.87. The summed E-state index contributed by atoms with van der Waals surface area (Å²) in [6.45, 7) is 6.08. The Morgan fingerprint density at radius 1 is 1.32 bits per heavy atom. The zero-order valence-electron chi connectivity index (χ0n) is 11.7. The van der Waals surface area contributed by atoms with Gasteiger partial charge in [-0.1, -0.05) is 0 Å². The van der Waals surface area contributed by atoms with Crippen molar-refractivity contribution in [2.75, 3.05) is 26.3 Å². The molecule has 110 valence electrons. The fourth-order valence-corrected chi connectivity index (χ4v) is 1.77. The first-order chi connectivity index (χ1) is 9.09. The standard InChI is InChI=1S/C13H24N2O4/c1-10(2)18-8-4-6-14-12(16)13(17)15-9-11-5-3-7-19-11/h10-11H,3-9H2,1-2H3,(H,14,16)(H,15,17). The highest BCUT2D eigenvalue weighted by atomic mass is 16.5. The number of hydrogen-bond acceptors (Lipinski definition) is 4. The Hall–Kier alpha value is -1.14. The van der Waals surface area contributed by atoms with Crippen LogP contribution in [0.3, 0.4) is 0 Å². The summed E-state index contributed by atoms with van der Waals surface area (Å²) in [5.74, 6) is -1.19. The fraction of sp³-hybridized carbons (Fsp3) is 0.846. The van der Waals surface area contributed by atoms with E-state index in [1.54, 1.807) is 0 Å². The Morgan fingerprint density at radius 3 is 2.68 bits per heavy atom. The molecule has 0 saturated carbocycles. The van der Waals surface area contributed by atoms with Crippen LogP contribution in [0.5, 0.6) is 0 Å². The second kappa shape index (κ2) is 8.87. The van der Waals surface area contributed by atoms with Crippen LogP contribution in [0.1, 0.15) is 33.1 Å². The zero-order chi connectivity index (χ0) is 14.1. The Labute approximate surface area is 114 Å². The SMILES string of the molecule is CC(C)OCCCNC(=O)C(=O)NCC1CCCO1. The van der Waals surface area contributed by atoms with E-state index in [-0.39, 0.29) is 12.2 Å². The quantitative estimate of drug-likeness (QED) is 0.513. The van der Waals surface area contributed by atoms with Gasteiger partial charge in [0.05, 0.1) is 12.2 Å². The summed E-state index contributed by atoms with van der Waals surface area (Å²) in [5.41, 5.74) is 0. The molecule has 0 bridgehead atoms. The molecule has 2 amide bonds. The molecule has 1 fully saturated rings. The molecular formula is C13H24N2O4. The predicted octanol–water partition coefficient (Wildman–Crippen LogP) is 0.213. The monoisotopic (exact) mass is 272 g/mol. The van der Waals surface area contributed by atoms with Crippen molar-refractivity contribution < 1.29 is 19.1 Å². The molecule has 0 aliphatic carbocycles. The Morgan fingerprint density at radius 2 is 2.05 bits per heavy atom. The van der Waals surface area contributed by atoms with E-state index >= 15 is 0 Å². The molecule has 1 heterocycles. The van der Waals surface area contributed by atoms with Gasteiger partial charge in [0.15, 0.2) is 0 Å². The summed E-state index contributed by atoms with van der Waals surface area (Å²) in [5, 5.41) is 5.14. The predicted molar refractivity (Wildman–Crippen MR) is 70.7 cm³/mol. The molecule has 1 aliphatic rings. The number of amides is 2. The van der Waals surface area contributed by atoms with E-state index in [9.17, 15) is 9.59 Å². The third-order valence-corrected chi connectivity index (χ3v) is 2.78. The third kappa shape index (κ3) is 7.12. The first-order valence-corrected chi connectivity index (χ1v) is 6.89. The molecule has 0 aromatic rings. The van der Waals surface area contributed by atoms with Crippen molar-refractivity contribution >= 4 is 11.8 Å². The van der Waals surface area contributed by atoms with Gasteiger partial charge in [0.1, 0.15) is 0 Å². The minimum atomic E-state index is -0.597. The number of nitrogens with one attached hydrogen (secondary N) is 2. The minimum absolute atomic E-state index is 0.0520. The van der Waals surface area contributed by atoms with Gasteiger partial charge in [-0.25, -0.2) is 0 Å². The maximum Gasteiger partial charge on any atom is 0.309 e. The zero-order valence-corrected chi connectivity index (χ0v) is 11.7. The van der Waals surface area contributed by atoms with E-state index in [0.29, 0.717) is 26.1 Å². The highest BCUT2D eigenvalue weighted by Crippen LogP contribution is 2.10. The number of rotatable bonds is 7. The highest BCUT2D eigenvalue weighted by Gasteiger charge is 2.18. The van der Waals surface area contributed by atoms with Gasteiger partial charge < -0.3 is 20.1 Å². The van der Waals surface area contributed by atoms with Crippen molar-refractivity contribution in [2.24, 2.45) is 0 Å². The van der Waals surface area contributed by atoms with Crippen LogP contribution in [-0.2, 0) is 19.1 Å². The lowest BCUT2D eigenvalue weighted by Gasteiger charge is -2.11. The number of carbonyl (C=O) groups is 2. The van der Waals surface area contributed by atoms with Crippen molar-refractivity contribution in [1.29, 1.82) is 0 Å². The van der Waals surface area contributed by atoms with Gasteiger partial charge in [0.25, 0.3) is 0 Å². The lowest BCUT2D eigenvalue weighted by molar-refractivity contribution is -0.139. The van der Waals surface area contributed by atoms with E-state index < -0.39 is 11.8 Å². The first kappa shape index (κ1) is 15.9. The van der Waals surface area contributed by atoms with Crippen molar-refractivity contribution in [3.63, 3.8) is 0 Å². The number of ether oxygens (including phenoxy) is 2. The summed E-state index contributed by atoms with van der Waals surface area (Å²) in [7, 11) is 0. The van der Waals surface area contributed by atoms with Crippen LogP contribution in [-0.4, -0.2) is 50.3 Å². The molecule has 0 aromatic carbocycles. The lowest BCUT2D eigenvalue weighted by atomic mass is 10.2. The Balaban J connectivity index is 2.02. The molecule has 2 N–H and O–H groups in total. The summed E-state index contributed by atoms with van der Waals surface area (Å²) in [6.07, 6.45) is 2.89. The maximum atomic E-state index is 11.5. The Bertz CT molecular complexity index is 288. The Kier molecular flexibility index (Phi) is 7.43. The number of carbonyl (C=O) groups excluding carboxylic acids is 2. The van der Waals surface area contributed by atoms with Gasteiger partial charge in [-0.05, 0) is 33.1 Å². The smallest absolute Gasteiger partial charge is 0.309 e. The minimum Gasteiger partial charge on any atom is -0.379 e. The van der Waals surface area contributed by atoms with E-state index in [1.807, 2.05) is 13.8 Å². The van der Waals surface area contributed by atoms with Crippen molar-refractivity contribution in [3.8, 4) is 0 Å². The molecule has 1 rings (SSSR count). The van der Waals surface area contributed by atoms with Crippen molar-refractivity contribution in [3.05, 3.63) is 0 Å². The molecule has 1 aliphatic heterocycles. The van der Waals surface area contributed by atoms with Crippen LogP contribution in [0.2, 0.25) is 0 Å². The summed E-state index contributed by atoms with van der Waals surface area (Å²) >= 11 is 0. The molecule has 19 heavy (non-hydrogen) atoms. The van der Waals surface area contributed by atoms with Crippen LogP contribution in [0.4, 0.5) is 0 Å². The van der Waals surface area contributed by atoms with Gasteiger partial charge in [-0.15, -0.1) is 0 Å². The van der Waals surface area contributed by atoms with Gasteiger partial charge in [0.2, 0.25) is 0 Å². The topological polar surface area (TPSA) is 76.7 Å². The fourth-order valence-electron chi connectivity index (χ4n) is 1.77. The lowest BCUT2D eigenvalue weighted by Crippen LogP contribution is -2.43. The van der Waals surface area contributed by atoms with Crippen LogP contribution in [0.15, 0.2) is 0 Å². The third-order valence-electron chi connectivity index (χ3n) is 2.78. The average molecular weight is 272 g/mol. The highest BCUT2D eigenvalue weighted by molar-refractivity contribution is 6.35. The first-order valence-electron chi connectivity index (χ1n) is 6.89. The normalized spacial score (nSPS) is 18.6. The number of hydrogen-bond donors (Lipinski definition) is 2. The molecule has 6 nitrogen and oxygen atoms in total. The maximum absolute atomic E-state index is 11.5. The van der Waals surface area contributed by atoms with E-state index in [4.69, 9.17) is 9.47 Å². The summed E-state index contributed by atoms with van der Waals surface area (Å²) in [4.78, 5) is 22.9. The molecule has 0 spiro atoms. The van der Waals surface area contributed by atoms with Crippen LogP contribution < -0.4 is 10.6 Å². The summed E-state index contributed by atoms with van der Waals surface area (Å²) in [6, 6.07) is 0. The van der Waals surface area contributed by atoms with Gasteiger partial charge in [-0.2, -0.15) is 0 Å². The van der Waals surface area contributed by atoms with Crippen LogP contribution in [0, 0.1) is 0 Å². The van der Waals surface area contributed by atoms with E-state index in [1.165, 1.54) is 0 Å². The molecule has 1 atom stereocenters.